The van der Waals surface area contributed by atoms with Crippen molar-refractivity contribution in [3.05, 3.63) is 62.0 Å². The van der Waals surface area contributed by atoms with Crippen LogP contribution in [0.25, 0.3) is 0 Å². The van der Waals surface area contributed by atoms with Gasteiger partial charge in [-0.1, -0.05) is 22.0 Å². The third-order valence-corrected chi connectivity index (χ3v) is 4.88. The number of hydrogen-bond donors (Lipinski definition) is 3. The smallest absolute Gasteiger partial charge is 0.337 e. The second kappa shape index (κ2) is 11.0. The summed E-state index contributed by atoms with van der Waals surface area (Å²) >= 11 is 11.7. The Morgan fingerprint density at radius 2 is 1.77 bits per heavy atom. The van der Waals surface area contributed by atoms with Crippen LogP contribution in [-0.4, -0.2) is 36.6 Å². The SMILES string of the molecule is COC(=O)c1cccc(C(=O)NC(=S)NNC(=O)COc2c(C)cc(Br)cc2Br)c1. The van der Waals surface area contributed by atoms with Gasteiger partial charge in [-0.3, -0.25) is 25.8 Å². The number of thiocarbonyl (C=S) groups is 1. The molecule has 0 saturated carbocycles. The van der Waals surface area contributed by atoms with Crippen LogP contribution in [0.2, 0.25) is 0 Å². The third kappa shape index (κ3) is 6.78. The van der Waals surface area contributed by atoms with Crippen LogP contribution in [0.15, 0.2) is 45.3 Å². The Morgan fingerprint density at radius 1 is 1.07 bits per heavy atom. The normalized spacial score (nSPS) is 10.0. The Hall–Kier alpha value is -2.50. The molecule has 2 amide bonds. The molecule has 2 aromatic carbocycles. The highest BCUT2D eigenvalue weighted by Crippen LogP contribution is 2.32. The van der Waals surface area contributed by atoms with Crippen molar-refractivity contribution >= 4 is 67.0 Å². The number of nitrogens with one attached hydrogen (secondary N) is 3. The molecule has 2 rings (SSSR count). The first-order chi connectivity index (χ1) is 14.2. The number of hydrazine groups is 1. The molecule has 0 atom stereocenters. The van der Waals surface area contributed by atoms with Gasteiger partial charge in [0, 0.05) is 10.0 Å². The summed E-state index contributed by atoms with van der Waals surface area (Å²) in [5.74, 6) is -1.09. The van der Waals surface area contributed by atoms with Crippen LogP contribution in [0.3, 0.4) is 0 Å². The largest absolute Gasteiger partial charge is 0.482 e. The summed E-state index contributed by atoms with van der Waals surface area (Å²) in [5.41, 5.74) is 6.01. The monoisotopic (exact) mass is 557 g/mol. The van der Waals surface area contributed by atoms with Gasteiger partial charge in [0.1, 0.15) is 5.75 Å². The van der Waals surface area contributed by atoms with Crippen molar-refractivity contribution in [2.75, 3.05) is 13.7 Å². The Labute approximate surface area is 194 Å². The third-order valence-electron chi connectivity index (χ3n) is 3.63. The molecule has 0 aliphatic heterocycles. The molecule has 158 valence electrons. The Bertz CT molecular complexity index is 977. The molecule has 0 heterocycles. The Kier molecular flexibility index (Phi) is 8.75. The average Bonchev–Trinajstić information content (AvgIpc) is 2.70. The predicted octanol–water partition coefficient (Wildman–Crippen LogP) is 3.02. The van der Waals surface area contributed by atoms with Gasteiger partial charge in [-0.2, -0.15) is 0 Å². The summed E-state index contributed by atoms with van der Waals surface area (Å²) in [7, 11) is 1.25. The number of ether oxygens (including phenoxy) is 2. The Morgan fingerprint density at radius 3 is 2.43 bits per heavy atom. The van der Waals surface area contributed by atoms with Gasteiger partial charge in [0.05, 0.1) is 17.1 Å². The molecule has 0 bridgehead atoms. The quantitative estimate of drug-likeness (QED) is 0.294. The molecule has 0 saturated heterocycles. The molecule has 11 heteroatoms. The van der Waals surface area contributed by atoms with Crippen molar-refractivity contribution in [2.24, 2.45) is 0 Å². The molecule has 0 radical (unpaired) electrons. The lowest BCUT2D eigenvalue weighted by Crippen LogP contribution is -2.49. The maximum atomic E-state index is 12.2. The second-order valence-corrected chi connectivity index (χ2v) is 8.03. The number of esters is 1. The van der Waals surface area contributed by atoms with Crippen LogP contribution in [0.1, 0.15) is 26.3 Å². The Balaban J connectivity index is 1.84. The van der Waals surface area contributed by atoms with Crippen molar-refractivity contribution in [3.8, 4) is 5.75 Å². The van der Waals surface area contributed by atoms with E-state index in [9.17, 15) is 14.4 Å². The second-order valence-electron chi connectivity index (χ2n) is 5.85. The van der Waals surface area contributed by atoms with E-state index in [0.717, 1.165) is 10.0 Å². The number of carbonyl (C=O) groups is 3. The minimum atomic E-state index is -0.565. The van der Waals surface area contributed by atoms with Gasteiger partial charge in [0.25, 0.3) is 11.8 Å². The van der Waals surface area contributed by atoms with E-state index >= 15 is 0 Å². The number of carbonyl (C=O) groups excluding carboxylic acids is 3. The van der Waals surface area contributed by atoms with Gasteiger partial charge >= 0.3 is 5.97 Å². The van der Waals surface area contributed by atoms with Crippen molar-refractivity contribution in [1.29, 1.82) is 0 Å². The van der Waals surface area contributed by atoms with E-state index in [1.54, 1.807) is 12.1 Å². The lowest BCUT2D eigenvalue weighted by atomic mass is 10.1. The van der Waals surface area contributed by atoms with Crippen LogP contribution in [0.4, 0.5) is 0 Å². The zero-order valence-corrected chi connectivity index (χ0v) is 19.9. The predicted molar refractivity (Wildman–Crippen MR) is 121 cm³/mol. The van der Waals surface area contributed by atoms with E-state index in [0.29, 0.717) is 10.2 Å². The summed E-state index contributed by atoms with van der Waals surface area (Å²) in [6.45, 7) is 1.58. The molecule has 0 aliphatic carbocycles. The van der Waals surface area contributed by atoms with Crippen molar-refractivity contribution in [2.45, 2.75) is 6.92 Å². The highest BCUT2D eigenvalue weighted by atomic mass is 79.9. The fraction of sp³-hybridized carbons (Fsp3) is 0.158. The summed E-state index contributed by atoms with van der Waals surface area (Å²) in [6, 6.07) is 9.60. The lowest BCUT2D eigenvalue weighted by Gasteiger charge is -2.13. The molecule has 0 unspecified atom stereocenters. The van der Waals surface area contributed by atoms with Gasteiger partial charge in [0.2, 0.25) is 0 Å². The van der Waals surface area contributed by atoms with E-state index in [1.165, 1.54) is 25.3 Å². The van der Waals surface area contributed by atoms with Crippen LogP contribution in [-0.2, 0) is 9.53 Å². The molecule has 8 nitrogen and oxygen atoms in total. The number of rotatable bonds is 5. The number of methoxy groups -OCH3 is 1. The number of amides is 2. The minimum absolute atomic E-state index is 0.127. The van der Waals surface area contributed by atoms with Gasteiger partial charge in [0.15, 0.2) is 11.7 Å². The van der Waals surface area contributed by atoms with E-state index in [4.69, 9.17) is 17.0 Å². The molecular formula is C19H17Br2N3O5S. The van der Waals surface area contributed by atoms with E-state index in [1.807, 2.05) is 13.0 Å². The standard InChI is InChI=1S/C19H17Br2N3O5S/c1-10-6-13(20)8-14(21)16(10)29-9-15(25)23-24-19(30)22-17(26)11-4-3-5-12(7-11)18(27)28-2/h3-8H,9H2,1-2H3,(H,23,25)(H2,22,24,26,30). The van der Waals surface area contributed by atoms with E-state index in [2.05, 4.69) is 52.8 Å². The number of benzene rings is 2. The zero-order valence-electron chi connectivity index (χ0n) is 15.9. The lowest BCUT2D eigenvalue weighted by molar-refractivity contribution is -0.123. The summed E-state index contributed by atoms with van der Waals surface area (Å²) in [4.78, 5) is 35.8. The highest BCUT2D eigenvalue weighted by molar-refractivity contribution is 9.11. The van der Waals surface area contributed by atoms with E-state index < -0.39 is 17.8 Å². The van der Waals surface area contributed by atoms with Crippen LogP contribution >= 0.6 is 44.1 Å². The first-order valence-corrected chi connectivity index (χ1v) is 10.4. The van der Waals surface area contributed by atoms with Gasteiger partial charge in [-0.15, -0.1) is 0 Å². The molecular weight excluding hydrogens is 542 g/mol. The summed E-state index contributed by atoms with van der Waals surface area (Å²) in [5, 5.41) is 2.27. The molecule has 0 spiro atoms. The first-order valence-electron chi connectivity index (χ1n) is 8.38. The van der Waals surface area contributed by atoms with Gasteiger partial charge in [-0.25, -0.2) is 4.79 Å². The van der Waals surface area contributed by atoms with Gasteiger partial charge < -0.3 is 9.47 Å². The van der Waals surface area contributed by atoms with Crippen molar-refractivity contribution in [1.82, 2.24) is 16.2 Å². The van der Waals surface area contributed by atoms with Gasteiger partial charge in [-0.05, 0) is 71.0 Å². The van der Waals surface area contributed by atoms with Crippen LogP contribution in [0.5, 0.6) is 5.75 Å². The maximum absolute atomic E-state index is 12.2. The van der Waals surface area contributed by atoms with Crippen LogP contribution < -0.4 is 20.9 Å². The van der Waals surface area contributed by atoms with E-state index in [-0.39, 0.29) is 22.8 Å². The highest BCUT2D eigenvalue weighted by Gasteiger charge is 2.13. The fourth-order valence-corrected chi connectivity index (χ4v) is 3.98. The number of halogens is 2. The summed E-state index contributed by atoms with van der Waals surface area (Å²) in [6.07, 6.45) is 0. The first kappa shape index (κ1) is 23.8. The molecule has 3 N–H and O–H groups in total. The molecule has 30 heavy (non-hydrogen) atoms. The fourth-order valence-electron chi connectivity index (χ4n) is 2.28. The molecule has 0 fully saturated rings. The zero-order chi connectivity index (χ0) is 22.3. The van der Waals surface area contributed by atoms with Crippen LogP contribution in [0, 0.1) is 6.92 Å². The van der Waals surface area contributed by atoms with Crippen molar-refractivity contribution in [3.63, 3.8) is 0 Å². The topological polar surface area (TPSA) is 106 Å². The average molecular weight is 559 g/mol. The summed E-state index contributed by atoms with van der Waals surface area (Å²) < 4.78 is 11.7. The van der Waals surface area contributed by atoms with Crippen molar-refractivity contribution < 1.29 is 23.9 Å². The minimum Gasteiger partial charge on any atom is -0.482 e. The number of hydrogen-bond acceptors (Lipinski definition) is 6. The molecule has 2 aromatic rings. The maximum Gasteiger partial charge on any atom is 0.337 e. The molecule has 0 aromatic heterocycles. The number of aryl methyl sites for hydroxylation is 1. The molecule has 0 aliphatic rings.